The molecule has 1 saturated heterocycles. The van der Waals surface area contributed by atoms with Crippen molar-refractivity contribution < 1.29 is 9.47 Å². The molecule has 9 heteroatoms. The van der Waals surface area contributed by atoms with Crippen molar-refractivity contribution in [1.82, 2.24) is 25.5 Å². The van der Waals surface area contributed by atoms with E-state index in [-0.39, 0.29) is 6.61 Å². The lowest BCUT2D eigenvalue weighted by Gasteiger charge is -2.22. The van der Waals surface area contributed by atoms with Gasteiger partial charge in [-0.25, -0.2) is 0 Å². The van der Waals surface area contributed by atoms with Crippen molar-refractivity contribution in [2.45, 2.75) is 32.0 Å². The summed E-state index contributed by atoms with van der Waals surface area (Å²) >= 11 is 12.4. The molecule has 0 atom stereocenters. The third-order valence-corrected chi connectivity index (χ3v) is 6.63. The minimum absolute atomic E-state index is 0.246. The van der Waals surface area contributed by atoms with Crippen LogP contribution in [0.4, 0.5) is 0 Å². The Morgan fingerprint density at radius 2 is 1.89 bits per heavy atom. The van der Waals surface area contributed by atoms with Crippen molar-refractivity contribution in [3.63, 3.8) is 0 Å². The second-order valence-corrected chi connectivity index (χ2v) is 9.18. The van der Waals surface area contributed by atoms with Crippen LogP contribution in [0.2, 0.25) is 10.0 Å². The summed E-state index contributed by atoms with van der Waals surface area (Å²) in [4.78, 5) is 8.56. The van der Waals surface area contributed by atoms with E-state index in [0.717, 1.165) is 60.5 Å². The van der Waals surface area contributed by atoms with Crippen LogP contribution in [0.1, 0.15) is 35.4 Å². The largest absolute Gasteiger partial charge is 0.489 e. The first kappa shape index (κ1) is 23.8. The zero-order valence-corrected chi connectivity index (χ0v) is 20.5. The van der Waals surface area contributed by atoms with E-state index in [1.165, 1.54) is 0 Å². The van der Waals surface area contributed by atoms with Crippen LogP contribution in [-0.2, 0) is 17.9 Å². The van der Waals surface area contributed by atoms with E-state index in [2.05, 4.69) is 37.6 Å². The van der Waals surface area contributed by atoms with Crippen molar-refractivity contribution in [1.29, 1.82) is 0 Å². The molecule has 1 aliphatic rings. The summed E-state index contributed by atoms with van der Waals surface area (Å²) in [6.45, 7) is 2.67. The van der Waals surface area contributed by atoms with Crippen molar-refractivity contribution in [3.05, 3.63) is 81.5 Å². The van der Waals surface area contributed by atoms with Gasteiger partial charge in [0.15, 0.2) is 0 Å². The van der Waals surface area contributed by atoms with Crippen LogP contribution in [0, 0.1) is 0 Å². The van der Waals surface area contributed by atoms with Gasteiger partial charge in [0, 0.05) is 55.3 Å². The average Bonchev–Trinajstić information content (AvgIpc) is 3.29. The molecule has 7 nitrogen and oxygen atoms in total. The Morgan fingerprint density at radius 3 is 2.66 bits per heavy atom. The predicted octanol–water partition coefficient (Wildman–Crippen LogP) is 5.68. The zero-order chi connectivity index (χ0) is 24.0. The summed E-state index contributed by atoms with van der Waals surface area (Å²) in [6, 6.07) is 10.4. The molecule has 0 amide bonds. The monoisotopic (exact) mass is 509 g/mol. The lowest BCUT2D eigenvalue weighted by molar-refractivity contribution is 0.0775. The number of hydrogen-bond acceptors (Lipinski definition) is 6. The molecule has 1 aliphatic heterocycles. The van der Waals surface area contributed by atoms with Crippen molar-refractivity contribution in [3.8, 4) is 5.75 Å². The number of aromatic nitrogens is 4. The second kappa shape index (κ2) is 11.2. The number of nitrogens with one attached hydrogen (secondary N) is 2. The number of rotatable bonds is 8. The molecule has 0 radical (unpaired) electrons. The molecule has 180 valence electrons. The number of hydrogen-bond donors (Lipinski definition) is 2. The van der Waals surface area contributed by atoms with Crippen LogP contribution in [0.25, 0.3) is 23.1 Å². The summed E-state index contributed by atoms with van der Waals surface area (Å²) in [5.41, 5.74) is 4.47. The van der Waals surface area contributed by atoms with Crippen LogP contribution >= 0.6 is 23.2 Å². The standard InChI is InChI=1S/C26H25Cl2N5O2/c27-23-14-29-15-24(28)22(23)16-35-20-4-6-26-21(11-20)25(32-33-26)5-2-17-1-3-19(30-12-17)13-31-18-7-9-34-10-8-18/h1-6,11-12,14-15,18,31H,7-10,13,16H2,(H,32,33)/b5-2+. The Labute approximate surface area is 213 Å². The maximum absolute atomic E-state index is 6.20. The average molecular weight is 510 g/mol. The Hall–Kier alpha value is -2.97. The van der Waals surface area contributed by atoms with E-state index >= 15 is 0 Å². The molecule has 4 aromatic rings. The smallest absolute Gasteiger partial charge is 0.120 e. The highest BCUT2D eigenvalue weighted by Crippen LogP contribution is 2.27. The van der Waals surface area contributed by atoms with E-state index < -0.39 is 0 Å². The fraction of sp³-hybridized carbons (Fsp3) is 0.269. The fourth-order valence-electron chi connectivity index (χ4n) is 3.93. The quantitative estimate of drug-likeness (QED) is 0.318. The highest BCUT2D eigenvalue weighted by atomic mass is 35.5. The molecule has 2 N–H and O–H groups in total. The normalized spacial score (nSPS) is 14.7. The van der Waals surface area contributed by atoms with Crippen LogP contribution in [-0.4, -0.2) is 39.4 Å². The Bertz CT molecular complexity index is 1300. The minimum atomic E-state index is 0.246. The first-order valence-corrected chi connectivity index (χ1v) is 12.2. The molecule has 0 unspecified atom stereocenters. The van der Waals surface area contributed by atoms with E-state index in [9.17, 15) is 0 Å². The molecule has 1 fully saturated rings. The summed E-state index contributed by atoms with van der Waals surface area (Å²) in [7, 11) is 0. The van der Waals surface area contributed by atoms with Gasteiger partial charge < -0.3 is 14.8 Å². The Kier molecular flexibility index (Phi) is 7.59. The number of aromatic amines is 1. The van der Waals surface area contributed by atoms with Crippen LogP contribution in [0.15, 0.2) is 48.9 Å². The van der Waals surface area contributed by atoms with Crippen molar-refractivity contribution in [2.24, 2.45) is 0 Å². The first-order chi connectivity index (χ1) is 17.2. The lowest BCUT2D eigenvalue weighted by atomic mass is 10.1. The van der Waals surface area contributed by atoms with Gasteiger partial charge in [0.2, 0.25) is 0 Å². The molecule has 35 heavy (non-hydrogen) atoms. The van der Waals surface area contributed by atoms with Gasteiger partial charge in [-0.05, 0) is 48.7 Å². The van der Waals surface area contributed by atoms with E-state index in [1.54, 1.807) is 12.4 Å². The molecule has 0 aliphatic carbocycles. The van der Waals surface area contributed by atoms with Gasteiger partial charge in [0.25, 0.3) is 0 Å². The molecular formula is C26H25Cl2N5O2. The van der Waals surface area contributed by atoms with Crippen LogP contribution in [0.3, 0.4) is 0 Å². The fourth-order valence-corrected chi connectivity index (χ4v) is 4.40. The van der Waals surface area contributed by atoms with Gasteiger partial charge in [0.1, 0.15) is 12.4 Å². The van der Waals surface area contributed by atoms with Gasteiger partial charge in [-0.3, -0.25) is 15.1 Å². The number of halogens is 2. The molecular weight excluding hydrogens is 485 g/mol. The third-order valence-electron chi connectivity index (χ3n) is 5.97. The lowest BCUT2D eigenvalue weighted by Crippen LogP contribution is -2.34. The topological polar surface area (TPSA) is 85.0 Å². The number of pyridine rings is 2. The highest BCUT2D eigenvalue weighted by molar-refractivity contribution is 6.35. The number of fused-ring (bicyclic) bond motifs is 1. The molecule has 4 heterocycles. The van der Waals surface area contributed by atoms with Crippen LogP contribution < -0.4 is 10.1 Å². The predicted molar refractivity (Wildman–Crippen MR) is 139 cm³/mol. The summed E-state index contributed by atoms with van der Waals surface area (Å²) in [6.07, 6.45) is 11.1. The maximum atomic E-state index is 6.20. The van der Waals surface area contributed by atoms with E-state index in [1.807, 2.05) is 36.5 Å². The SMILES string of the molecule is Clc1cncc(Cl)c1COc1ccc2[nH]nc(/C=C/c3ccc(CNC4CCOCC4)nc3)c2c1. The summed E-state index contributed by atoms with van der Waals surface area (Å²) in [5.74, 6) is 0.695. The van der Waals surface area contributed by atoms with Gasteiger partial charge in [-0.2, -0.15) is 5.10 Å². The van der Waals surface area contributed by atoms with E-state index in [4.69, 9.17) is 32.7 Å². The Balaban J connectivity index is 1.23. The molecule has 1 aromatic carbocycles. The zero-order valence-electron chi connectivity index (χ0n) is 19.0. The summed E-state index contributed by atoms with van der Waals surface area (Å²) in [5, 5.41) is 13.0. The number of ether oxygens (including phenoxy) is 2. The van der Waals surface area contributed by atoms with Crippen LogP contribution in [0.5, 0.6) is 5.75 Å². The van der Waals surface area contributed by atoms with Crippen molar-refractivity contribution >= 4 is 46.3 Å². The first-order valence-electron chi connectivity index (χ1n) is 11.5. The van der Waals surface area contributed by atoms with E-state index in [0.29, 0.717) is 27.4 Å². The molecule has 3 aromatic heterocycles. The third kappa shape index (κ3) is 6.00. The van der Waals surface area contributed by atoms with Gasteiger partial charge >= 0.3 is 0 Å². The molecule has 0 saturated carbocycles. The minimum Gasteiger partial charge on any atom is -0.489 e. The molecule has 5 rings (SSSR count). The highest BCUT2D eigenvalue weighted by Gasteiger charge is 2.13. The summed E-state index contributed by atoms with van der Waals surface area (Å²) < 4.78 is 11.4. The second-order valence-electron chi connectivity index (χ2n) is 8.37. The number of benzene rings is 1. The van der Waals surface area contributed by atoms with Gasteiger partial charge in [-0.15, -0.1) is 0 Å². The number of H-pyrrole nitrogens is 1. The molecule has 0 bridgehead atoms. The maximum Gasteiger partial charge on any atom is 0.120 e. The van der Waals surface area contributed by atoms with Crippen molar-refractivity contribution in [2.75, 3.05) is 13.2 Å². The van der Waals surface area contributed by atoms with Gasteiger partial charge in [-0.1, -0.05) is 35.3 Å². The molecule has 0 spiro atoms. The van der Waals surface area contributed by atoms with Gasteiger partial charge in [0.05, 0.1) is 26.9 Å². The Morgan fingerprint density at radius 1 is 1.06 bits per heavy atom. The number of nitrogens with zero attached hydrogens (tertiary/aromatic N) is 3.